The number of aromatic nitrogens is 2. The van der Waals surface area contributed by atoms with Gasteiger partial charge in [-0.25, -0.2) is 4.79 Å². The Morgan fingerprint density at radius 1 is 1.04 bits per heavy atom. The monoisotopic (exact) mass is 369 g/mol. The SMILES string of the molecule is C[C@H](Sc1nncs1)C(=O)N1CCN(C(=O)N2CCCCC2)CC1. The molecule has 132 valence electrons. The first-order chi connectivity index (χ1) is 11.6. The third-order valence-electron chi connectivity index (χ3n) is 4.45. The topological polar surface area (TPSA) is 69.6 Å². The second-order valence-corrected chi connectivity index (χ2v) is 8.53. The number of hydrogen-bond acceptors (Lipinski definition) is 6. The lowest BCUT2D eigenvalue weighted by Crippen LogP contribution is -2.55. The normalized spacial score (nSPS) is 20.1. The number of hydrogen-bond donors (Lipinski definition) is 0. The second-order valence-electron chi connectivity index (χ2n) is 6.11. The molecule has 24 heavy (non-hydrogen) atoms. The highest BCUT2D eigenvalue weighted by molar-refractivity contribution is 8.02. The largest absolute Gasteiger partial charge is 0.338 e. The molecule has 0 bridgehead atoms. The minimum Gasteiger partial charge on any atom is -0.338 e. The highest BCUT2D eigenvalue weighted by Crippen LogP contribution is 2.25. The maximum absolute atomic E-state index is 12.6. The molecule has 0 spiro atoms. The first-order valence-corrected chi connectivity index (χ1v) is 10.2. The summed E-state index contributed by atoms with van der Waals surface area (Å²) in [7, 11) is 0. The van der Waals surface area contributed by atoms with E-state index in [0.717, 1.165) is 30.3 Å². The Hall–Kier alpha value is -1.35. The fourth-order valence-corrected chi connectivity index (χ4v) is 4.79. The van der Waals surface area contributed by atoms with Crippen molar-refractivity contribution in [2.75, 3.05) is 39.3 Å². The van der Waals surface area contributed by atoms with Crippen LogP contribution in [-0.4, -0.2) is 81.4 Å². The van der Waals surface area contributed by atoms with Gasteiger partial charge in [0.05, 0.1) is 5.25 Å². The summed E-state index contributed by atoms with van der Waals surface area (Å²) in [4.78, 5) is 30.8. The van der Waals surface area contributed by atoms with E-state index in [0.29, 0.717) is 26.2 Å². The van der Waals surface area contributed by atoms with Gasteiger partial charge in [-0.2, -0.15) is 0 Å². The number of urea groups is 1. The molecule has 0 N–H and O–H groups in total. The van der Waals surface area contributed by atoms with Crippen LogP contribution in [0.1, 0.15) is 26.2 Å². The molecule has 0 radical (unpaired) electrons. The lowest BCUT2D eigenvalue weighted by Gasteiger charge is -2.39. The van der Waals surface area contributed by atoms with E-state index < -0.39 is 0 Å². The molecule has 1 atom stereocenters. The van der Waals surface area contributed by atoms with Crippen LogP contribution >= 0.6 is 23.1 Å². The van der Waals surface area contributed by atoms with Gasteiger partial charge in [-0.3, -0.25) is 4.79 Å². The molecular weight excluding hydrogens is 346 g/mol. The van der Waals surface area contributed by atoms with Gasteiger partial charge < -0.3 is 14.7 Å². The highest BCUT2D eigenvalue weighted by Gasteiger charge is 2.30. The smallest absolute Gasteiger partial charge is 0.320 e. The molecule has 3 heterocycles. The summed E-state index contributed by atoms with van der Waals surface area (Å²) in [6.45, 7) is 6.11. The third kappa shape index (κ3) is 4.18. The van der Waals surface area contributed by atoms with Crippen LogP contribution in [-0.2, 0) is 4.79 Å². The Bertz CT molecular complexity index is 554. The predicted octanol–water partition coefficient (Wildman–Crippen LogP) is 1.77. The molecule has 2 aliphatic rings. The minimum absolute atomic E-state index is 0.111. The molecule has 3 amide bonds. The number of carbonyl (C=O) groups is 2. The molecule has 0 aromatic carbocycles. The Morgan fingerprint density at radius 2 is 1.67 bits per heavy atom. The van der Waals surface area contributed by atoms with Gasteiger partial charge in [0.25, 0.3) is 0 Å². The first-order valence-electron chi connectivity index (χ1n) is 8.40. The maximum atomic E-state index is 12.6. The number of piperazine rings is 1. The Kier molecular flexibility index (Phi) is 5.94. The number of thioether (sulfide) groups is 1. The van der Waals surface area contributed by atoms with Crippen molar-refractivity contribution >= 4 is 35.0 Å². The zero-order chi connectivity index (χ0) is 16.9. The fraction of sp³-hybridized carbons (Fsp3) is 0.733. The van der Waals surface area contributed by atoms with Gasteiger partial charge in [0, 0.05) is 39.3 Å². The van der Waals surface area contributed by atoms with Crippen molar-refractivity contribution in [2.45, 2.75) is 35.8 Å². The summed E-state index contributed by atoms with van der Waals surface area (Å²) in [6.07, 6.45) is 3.42. The van der Waals surface area contributed by atoms with Gasteiger partial charge in [0.15, 0.2) is 4.34 Å². The minimum atomic E-state index is -0.178. The highest BCUT2D eigenvalue weighted by atomic mass is 32.2. The van der Waals surface area contributed by atoms with Crippen molar-refractivity contribution in [3.05, 3.63) is 5.51 Å². The molecule has 2 fully saturated rings. The lowest BCUT2D eigenvalue weighted by atomic mass is 10.1. The van der Waals surface area contributed by atoms with E-state index in [9.17, 15) is 9.59 Å². The van der Waals surface area contributed by atoms with E-state index in [1.807, 2.05) is 21.6 Å². The number of rotatable bonds is 3. The van der Waals surface area contributed by atoms with Crippen LogP contribution in [0, 0.1) is 0 Å². The predicted molar refractivity (Wildman–Crippen MR) is 94.2 cm³/mol. The average molecular weight is 370 g/mol. The van der Waals surface area contributed by atoms with Crippen LogP contribution < -0.4 is 0 Å². The van der Waals surface area contributed by atoms with Crippen LogP contribution in [0.5, 0.6) is 0 Å². The molecule has 1 aromatic heterocycles. The van der Waals surface area contributed by atoms with E-state index in [1.54, 1.807) is 5.51 Å². The molecule has 7 nitrogen and oxygen atoms in total. The number of nitrogens with zero attached hydrogens (tertiary/aromatic N) is 5. The molecular formula is C15H23N5O2S2. The maximum Gasteiger partial charge on any atom is 0.320 e. The van der Waals surface area contributed by atoms with E-state index >= 15 is 0 Å². The van der Waals surface area contributed by atoms with Crippen molar-refractivity contribution in [2.24, 2.45) is 0 Å². The third-order valence-corrected chi connectivity index (χ3v) is 6.35. The molecule has 0 unspecified atom stereocenters. The average Bonchev–Trinajstić information content (AvgIpc) is 3.14. The van der Waals surface area contributed by atoms with Gasteiger partial charge in [-0.1, -0.05) is 23.1 Å². The second kappa shape index (κ2) is 8.15. The number of amides is 3. The van der Waals surface area contributed by atoms with E-state index in [1.165, 1.54) is 29.5 Å². The van der Waals surface area contributed by atoms with Crippen LogP contribution in [0.3, 0.4) is 0 Å². The zero-order valence-corrected chi connectivity index (χ0v) is 15.5. The summed E-state index contributed by atoms with van der Waals surface area (Å²) in [6, 6.07) is 0.137. The number of likely N-dealkylation sites (tertiary alicyclic amines) is 1. The fourth-order valence-electron chi connectivity index (χ4n) is 3.08. The zero-order valence-electron chi connectivity index (χ0n) is 13.9. The van der Waals surface area contributed by atoms with Crippen molar-refractivity contribution in [3.8, 4) is 0 Å². The quantitative estimate of drug-likeness (QED) is 0.760. The lowest BCUT2D eigenvalue weighted by molar-refractivity contribution is -0.131. The Balaban J connectivity index is 1.47. The van der Waals surface area contributed by atoms with E-state index in [-0.39, 0.29) is 17.2 Å². The van der Waals surface area contributed by atoms with Gasteiger partial charge in [-0.15, -0.1) is 10.2 Å². The van der Waals surface area contributed by atoms with E-state index in [2.05, 4.69) is 10.2 Å². The molecule has 0 aliphatic carbocycles. The van der Waals surface area contributed by atoms with Gasteiger partial charge >= 0.3 is 6.03 Å². The molecule has 2 aliphatic heterocycles. The van der Waals surface area contributed by atoms with Gasteiger partial charge in [-0.05, 0) is 26.2 Å². The summed E-state index contributed by atoms with van der Waals surface area (Å²) in [5, 5.41) is 7.59. The molecule has 1 aromatic rings. The van der Waals surface area contributed by atoms with Crippen LogP contribution in [0.15, 0.2) is 9.85 Å². The van der Waals surface area contributed by atoms with Crippen molar-refractivity contribution in [1.29, 1.82) is 0 Å². The summed E-state index contributed by atoms with van der Waals surface area (Å²) < 4.78 is 0.815. The summed E-state index contributed by atoms with van der Waals surface area (Å²) in [5.41, 5.74) is 1.67. The van der Waals surface area contributed by atoms with Crippen LogP contribution in [0.2, 0.25) is 0 Å². The van der Waals surface area contributed by atoms with Crippen LogP contribution in [0.25, 0.3) is 0 Å². The molecule has 0 saturated carbocycles. The van der Waals surface area contributed by atoms with Crippen molar-refractivity contribution < 1.29 is 9.59 Å². The first kappa shape index (κ1) is 17.5. The number of piperidine rings is 1. The Morgan fingerprint density at radius 3 is 2.29 bits per heavy atom. The van der Waals surface area contributed by atoms with Crippen molar-refractivity contribution in [1.82, 2.24) is 24.9 Å². The van der Waals surface area contributed by atoms with Gasteiger partial charge in [0.1, 0.15) is 5.51 Å². The van der Waals surface area contributed by atoms with Crippen LogP contribution in [0.4, 0.5) is 4.79 Å². The van der Waals surface area contributed by atoms with Gasteiger partial charge in [0.2, 0.25) is 5.91 Å². The standard InChI is InChI=1S/C15H23N5O2S2/c1-12(24-14-17-16-11-23-14)13(21)18-7-9-20(10-8-18)15(22)19-5-3-2-4-6-19/h11-12H,2-10H2,1H3/t12-/m0/s1. The summed E-state index contributed by atoms with van der Waals surface area (Å²) >= 11 is 2.89. The van der Waals surface area contributed by atoms with E-state index in [4.69, 9.17) is 0 Å². The van der Waals surface area contributed by atoms with Crippen molar-refractivity contribution in [3.63, 3.8) is 0 Å². The molecule has 9 heteroatoms. The number of carbonyl (C=O) groups excluding carboxylic acids is 2. The Labute approximate surface area is 150 Å². The summed E-state index contributed by atoms with van der Waals surface area (Å²) in [5.74, 6) is 0.111. The molecule has 2 saturated heterocycles. The molecule has 3 rings (SSSR count).